The smallest absolute Gasteiger partial charge is 0.414 e. The topological polar surface area (TPSA) is 79.6 Å². The Morgan fingerprint density at radius 2 is 2.10 bits per heavy atom. The minimum Gasteiger partial charge on any atom is -0.447 e. The summed E-state index contributed by atoms with van der Waals surface area (Å²) in [5, 5.41) is 8.64. The summed E-state index contributed by atoms with van der Waals surface area (Å²) in [6, 6.07) is 1.85. The summed E-state index contributed by atoms with van der Waals surface area (Å²) in [4.78, 5) is 25.3. The van der Waals surface area contributed by atoms with Crippen LogP contribution in [0.1, 0.15) is 40.5 Å². The molecule has 2 atom stereocenters. The zero-order valence-electron chi connectivity index (χ0n) is 13.0. The molecule has 0 radical (unpaired) electrons. The number of rotatable bonds is 2. The van der Waals surface area contributed by atoms with Crippen molar-refractivity contribution >= 4 is 12.1 Å². The van der Waals surface area contributed by atoms with Crippen LogP contribution in [0.5, 0.6) is 0 Å². The Morgan fingerprint density at radius 3 is 2.57 bits per heavy atom. The number of carbonyl (C=O) groups is 2. The number of allylic oxidation sites excluding steroid dienone is 1. The number of nitriles is 1. The van der Waals surface area contributed by atoms with E-state index in [0.29, 0.717) is 25.1 Å². The molecule has 0 spiro atoms. The van der Waals surface area contributed by atoms with Crippen molar-refractivity contribution in [3.63, 3.8) is 0 Å². The van der Waals surface area contributed by atoms with Gasteiger partial charge in [0, 0.05) is 18.7 Å². The van der Waals surface area contributed by atoms with E-state index in [2.05, 4.69) is 6.58 Å². The average Bonchev–Trinajstić information content (AvgIpc) is 2.36. The number of hydrogen-bond donors (Lipinski definition) is 0. The Kier molecular flexibility index (Phi) is 5.36. The van der Waals surface area contributed by atoms with Crippen LogP contribution in [-0.2, 0) is 14.3 Å². The minimum atomic E-state index is -0.769. The molecule has 21 heavy (non-hydrogen) atoms. The fourth-order valence-corrected chi connectivity index (χ4v) is 1.98. The highest BCUT2D eigenvalue weighted by molar-refractivity contribution is 5.75. The second kappa shape index (κ2) is 6.61. The fourth-order valence-electron chi connectivity index (χ4n) is 1.98. The first kappa shape index (κ1) is 17.0. The molecule has 1 aliphatic heterocycles. The lowest BCUT2D eigenvalue weighted by Gasteiger charge is -2.34. The van der Waals surface area contributed by atoms with Crippen LogP contribution in [0, 0.1) is 17.2 Å². The van der Waals surface area contributed by atoms with E-state index < -0.39 is 23.8 Å². The number of amides is 1. The third-order valence-electron chi connectivity index (χ3n) is 2.99. The first-order valence-corrected chi connectivity index (χ1v) is 6.92. The van der Waals surface area contributed by atoms with Gasteiger partial charge >= 0.3 is 12.1 Å². The summed E-state index contributed by atoms with van der Waals surface area (Å²) in [7, 11) is 0. The van der Waals surface area contributed by atoms with Gasteiger partial charge < -0.3 is 9.47 Å². The van der Waals surface area contributed by atoms with Crippen molar-refractivity contribution in [3.8, 4) is 6.07 Å². The number of hydrogen-bond acceptors (Lipinski definition) is 5. The van der Waals surface area contributed by atoms with E-state index in [4.69, 9.17) is 14.7 Å². The van der Waals surface area contributed by atoms with Crippen molar-refractivity contribution in [1.29, 1.82) is 5.26 Å². The van der Waals surface area contributed by atoms with Gasteiger partial charge in [-0.2, -0.15) is 5.26 Å². The Labute approximate surface area is 125 Å². The Hall–Kier alpha value is -2.03. The lowest BCUT2D eigenvalue weighted by atomic mass is 9.95. The SMILES string of the molecule is C=C1CC(C(=O)OC(C)C#N)CCN1C(=O)OC(C)(C)C. The van der Waals surface area contributed by atoms with E-state index in [1.54, 1.807) is 20.8 Å². The van der Waals surface area contributed by atoms with Gasteiger partial charge in [-0.05, 0) is 34.1 Å². The van der Waals surface area contributed by atoms with Crippen LogP contribution in [0.2, 0.25) is 0 Å². The van der Waals surface area contributed by atoms with Gasteiger partial charge in [0.2, 0.25) is 0 Å². The first-order chi connectivity index (χ1) is 9.64. The highest BCUT2D eigenvalue weighted by Gasteiger charge is 2.33. The molecule has 0 aromatic heterocycles. The van der Waals surface area contributed by atoms with Crippen molar-refractivity contribution in [2.24, 2.45) is 5.92 Å². The largest absolute Gasteiger partial charge is 0.447 e. The van der Waals surface area contributed by atoms with E-state index in [0.717, 1.165) is 0 Å². The van der Waals surface area contributed by atoms with Crippen molar-refractivity contribution in [3.05, 3.63) is 12.3 Å². The molecule has 0 saturated carbocycles. The average molecular weight is 294 g/mol. The molecule has 6 nitrogen and oxygen atoms in total. The van der Waals surface area contributed by atoms with Crippen LogP contribution in [0.25, 0.3) is 0 Å². The number of nitrogens with zero attached hydrogens (tertiary/aromatic N) is 2. The van der Waals surface area contributed by atoms with Gasteiger partial charge in [0.15, 0.2) is 6.10 Å². The summed E-state index contributed by atoms with van der Waals surface area (Å²) < 4.78 is 10.3. The number of piperidine rings is 1. The van der Waals surface area contributed by atoms with Gasteiger partial charge in [-0.15, -0.1) is 0 Å². The maximum absolute atomic E-state index is 12.0. The fraction of sp³-hybridized carbons (Fsp3) is 0.667. The summed E-state index contributed by atoms with van der Waals surface area (Å²) >= 11 is 0. The standard InChI is InChI=1S/C15H22N2O4/c1-10-8-12(13(18)20-11(2)9-16)6-7-17(10)14(19)21-15(3,4)5/h11-12H,1,6-8H2,2-5H3. The van der Waals surface area contributed by atoms with Gasteiger partial charge in [-0.25, -0.2) is 4.79 Å². The van der Waals surface area contributed by atoms with Crippen LogP contribution >= 0.6 is 0 Å². The van der Waals surface area contributed by atoms with E-state index in [1.165, 1.54) is 11.8 Å². The first-order valence-electron chi connectivity index (χ1n) is 6.92. The van der Waals surface area contributed by atoms with E-state index in [9.17, 15) is 9.59 Å². The quantitative estimate of drug-likeness (QED) is 0.731. The van der Waals surface area contributed by atoms with Crippen LogP contribution in [0.15, 0.2) is 12.3 Å². The molecule has 0 N–H and O–H groups in total. The molecule has 1 amide bonds. The molecule has 1 rings (SSSR count). The number of carbonyl (C=O) groups excluding carboxylic acids is 2. The Bertz CT molecular complexity index is 473. The van der Waals surface area contributed by atoms with Gasteiger partial charge in [-0.1, -0.05) is 6.58 Å². The third-order valence-corrected chi connectivity index (χ3v) is 2.99. The van der Waals surface area contributed by atoms with Gasteiger partial charge in [0.1, 0.15) is 11.7 Å². The molecule has 2 unspecified atom stereocenters. The Balaban J connectivity index is 2.59. The minimum absolute atomic E-state index is 0.330. The van der Waals surface area contributed by atoms with Crippen LogP contribution in [0.4, 0.5) is 4.79 Å². The van der Waals surface area contributed by atoms with Crippen LogP contribution < -0.4 is 0 Å². The molecule has 1 fully saturated rings. The second-order valence-electron chi connectivity index (χ2n) is 6.10. The maximum Gasteiger partial charge on any atom is 0.414 e. The zero-order valence-corrected chi connectivity index (χ0v) is 13.0. The van der Waals surface area contributed by atoms with Gasteiger partial charge in [-0.3, -0.25) is 9.69 Å². The maximum atomic E-state index is 12.0. The molecule has 116 valence electrons. The monoisotopic (exact) mass is 294 g/mol. The summed E-state index contributed by atoms with van der Waals surface area (Å²) in [5.74, 6) is -0.791. The van der Waals surface area contributed by atoms with Crippen LogP contribution in [0.3, 0.4) is 0 Å². The summed E-state index contributed by atoms with van der Waals surface area (Å²) in [6.07, 6.45) is -0.426. The summed E-state index contributed by atoms with van der Waals surface area (Å²) in [6.45, 7) is 11.1. The molecule has 0 bridgehead atoms. The highest BCUT2D eigenvalue weighted by Crippen LogP contribution is 2.27. The lowest BCUT2D eigenvalue weighted by molar-refractivity contribution is -0.151. The third kappa shape index (κ3) is 5.10. The number of likely N-dealkylation sites (tertiary alicyclic amines) is 1. The van der Waals surface area contributed by atoms with Crippen molar-refractivity contribution in [1.82, 2.24) is 4.90 Å². The molecule has 1 saturated heterocycles. The molecule has 0 aliphatic carbocycles. The predicted molar refractivity (Wildman–Crippen MR) is 76.0 cm³/mol. The van der Waals surface area contributed by atoms with E-state index in [1.807, 2.05) is 6.07 Å². The summed E-state index contributed by atoms with van der Waals surface area (Å²) in [5.41, 5.74) is -0.0444. The zero-order chi connectivity index (χ0) is 16.2. The van der Waals surface area contributed by atoms with Crippen molar-refractivity contribution in [2.75, 3.05) is 6.54 Å². The number of ether oxygens (including phenoxy) is 2. The molecule has 0 aromatic carbocycles. The van der Waals surface area contributed by atoms with Crippen molar-refractivity contribution in [2.45, 2.75) is 52.2 Å². The highest BCUT2D eigenvalue weighted by atomic mass is 16.6. The molecule has 6 heteroatoms. The molecular formula is C15H22N2O4. The Morgan fingerprint density at radius 1 is 1.48 bits per heavy atom. The van der Waals surface area contributed by atoms with E-state index >= 15 is 0 Å². The number of esters is 1. The second-order valence-corrected chi connectivity index (χ2v) is 6.10. The molecule has 1 heterocycles. The molecular weight excluding hydrogens is 272 g/mol. The van der Waals surface area contributed by atoms with Gasteiger partial charge in [0.05, 0.1) is 5.92 Å². The normalized spacial score (nSPS) is 20.4. The van der Waals surface area contributed by atoms with Crippen LogP contribution in [-0.4, -0.2) is 35.2 Å². The van der Waals surface area contributed by atoms with Gasteiger partial charge in [0.25, 0.3) is 0 Å². The molecule has 1 aliphatic rings. The van der Waals surface area contributed by atoms with Crippen molar-refractivity contribution < 1.29 is 19.1 Å². The predicted octanol–water partition coefficient (Wildman–Crippen LogP) is 2.60. The lowest BCUT2D eigenvalue weighted by Crippen LogP contribution is -2.41. The molecule has 0 aromatic rings. The van der Waals surface area contributed by atoms with E-state index in [-0.39, 0.29) is 5.92 Å².